The standard InChI is InChI=1S/C16H23ClN2O2/c1-12(18)10-15(20)19-11-16(6-8-21-9-7-16)13-2-4-14(17)5-3-13/h2-5,12H,6-11,18H2,1H3,(H,19,20). The van der Waals surface area contributed by atoms with Crippen molar-refractivity contribution in [3.8, 4) is 0 Å². The van der Waals surface area contributed by atoms with Crippen molar-refractivity contribution < 1.29 is 9.53 Å². The Labute approximate surface area is 131 Å². The summed E-state index contributed by atoms with van der Waals surface area (Å²) in [4.78, 5) is 11.9. The lowest BCUT2D eigenvalue weighted by Gasteiger charge is -2.38. The predicted molar refractivity (Wildman–Crippen MR) is 84.5 cm³/mol. The Morgan fingerprint density at radius 2 is 2.00 bits per heavy atom. The lowest BCUT2D eigenvalue weighted by atomic mass is 9.74. The zero-order valence-corrected chi connectivity index (χ0v) is 13.2. The fraction of sp³-hybridized carbons (Fsp3) is 0.562. The molecule has 3 N–H and O–H groups in total. The first-order chi connectivity index (χ1) is 10.0. The molecule has 1 fully saturated rings. The number of benzene rings is 1. The molecule has 1 unspecified atom stereocenters. The highest BCUT2D eigenvalue weighted by Crippen LogP contribution is 2.34. The molecule has 116 valence electrons. The van der Waals surface area contributed by atoms with Crippen LogP contribution in [0.3, 0.4) is 0 Å². The first-order valence-electron chi connectivity index (χ1n) is 7.38. The van der Waals surface area contributed by atoms with Crippen LogP contribution < -0.4 is 11.1 Å². The average molecular weight is 311 g/mol. The molecule has 21 heavy (non-hydrogen) atoms. The first kappa shape index (κ1) is 16.3. The summed E-state index contributed by atoms with van der Waals surface area (Å²) < 4.78 is 5.48. The van der Waals surface area contributed by atoms with Gasteiger partial charge in [0, 0.05) is 42.7 Å². The Morgan fingerprint density at radius 3 is 2.57 bits per heavy atom. The third-order valence-corrected chi connectivity index (χ3v) is 4.29. The first-order valence-corrected chi connectivity index (χ1v) is 7.76. The molecule has 1 aliphatic rings. The van der Waals surface area contributed by atoms with Crippen LogP contribution in [0.15, 0.2) is 24.3 Å². The minimum Gasteiger partial charge on any atom is -0.381 e. The molecular formula is C16H23ClN2O2. The minimum absolute atomic E-state index is 0.00447. The number of hydrogen-bond donors (Lipinski definition) is 2. The number of nitrogens with two attached hydrogens (primary N) is 1. The largest absolute Gasteiger partial charge is 0.381 e. The van der Waals surface area contributed by atoms with Crippen LogP contribution in [-0.4, -0.2) is 31.7 Å². The molecule has 1 aliphatic heterocycles. The number of amides is 1. The van der Waals surface area contributed by atoms with Gasteiger partial charge in [-0.15, -0.1) is 0 Å². The van der Waals surface area contributed by atoms with Gasteiger partial charge in [0.05, 0.1) is 0 Å². The van der Waals surface area contributed by atoms with E-state index in [0.29, 0.717) is 26.2 Å². The number of hydrogen-bond acceptors (Lipinski definition) is 3. The fourth-order valence-electron chi connectivity index (χ4n) is 2.77. The van der Waals surface area contributed by atoms with Crippen molar-refractivity contribution in [2.24, 2.45) is 5.73 Å². The smallest absolute Gasteiger partial charge is 0.221 e. The topological polar surface area (TPSA) is 64.4 Å². The summed E-state index contributed by atoms with van der Waals surface area (Å²) in [6.45, 7) is 3.88. The Morgan fingerprint density at radius 1 is 1.38 bits per heavy atom. The van der Waals surface area contributed by atoms with E-state index in [-0.39, 0.29) is 17.4 Å². The SMILES string of the molecule is CC(N)CC(=O)NCC1(c2ccc(Cl)cc2)CCOCC1. The van der Waals surface area contributed by atoms with Crippen molar-refractivity contribution in [2.75, 3.05) is 19.8 Å². The van der Waals surface area contributed by atoms with Gasteiger partial charge >= 0.3 is 0 Å². The van der Waals surface area contributed by atoms with E-state index in [1.807, 2.05) is 31.2 Å². The molecule has 0 spiro atoms. The molecule has 1 amide bonds. The van der Waals surface area contributed by atoms with Gasteiger partial charge in [-0.2, -0.15) is 0 Å². The molecule has 5 heteroatoms. The maximum Gasteiger partial charge on any atom is 0.221 e. The average Bonchev–Trinajstić information content (AvgIpc) is 2.46. The number of nitrogens with one attached hydrogen (secondary N) is 1. The van der Waals surface area contributed by atoms with E-state index in [4.69, 9.17) is 22.1 Å². The second-order valence-corrected chi connectivity index (χ2v) is 6.29. The maximum absolute atomic E-state index is 11.9. The van der Waals surface area contributed by atoms with E-state index in [1.54, 1.807) is 0 Å². The van der Waals surface area contributed by atoms with Crippen LogP contribution in [0.4, 0.5) is 0 Å². The van der Waals surface area contributed by atoms with E-state index in [9.17, 15) is 4.79 Å². The Kier molecular flexibility index (Phi) is 5.62. The number of carbonyl (C=O) groups is 1. The Bertz CT molecular complexity index is 468. The molecule has 0 aliphatic carbocycles. The lowest BCUT2D eigenvalue weighted by molar-refractivity contribution is -0.121. The molecule has 1 heterocycles. The van der Waals surface area contributed by atoms with Crippen LogP contribution in [0.1, 0.15) is 31.7 Å². The van der Waals surface area contributed by atoms with Crippen molar-refractivity contribution in [1.29, 1.82) is 0 Å². The summed E-state index contributed by atoms with van der Waals surface area (Å²) in [6, 6.07) is 7.78. The molecule has 0 bridgehead atoms. The van der Waals surface area contributed by atoms with E-state index in [2.05, 4.69) is 5.32 Å². The number of carbonyl (C=O) groups excluding carboxylic acids is 1. The molecule has 2 rings (SSSR count). The third kappa shape index (κ3) is 4.43. The van der Waals surface area contributed by atoms with Crippen molar-refractivity contribution in [3.63, 3.8) is 0 Å². The van der Waals surface area contributed by atoms with Gasteiger partial charge in [-0.25, -0.2) is 0 Å². The molecule has 4 nitrogen and oxygen atoms in total. The molecule has 0 aromatic heterocycles. The summed E-state index contributed by atoms with van der Waals surface area (Å²) in [7, 11) is 0. The normalized spacial score (nSPS) is 19.0. The lowest BCUT2D eigenvalue weighted by Crippen LogP contribution is -2.45. The fourth-order valence-corrected chi connectivity index (χ4v) is 2.89. The van der Waals surface area contributed by atoms with Crippen LogP contribution in [0.25, 0.3) is 0 Å². The second kappa shape index (κ2) is 7.25. The monoisotopic (exact) mass is 310 g/mol. The van der Waals surface area contributed by atoms with E-state index in [1.165, 1.54) is 5.56 Å². The highest BCUT2D eigenvalue weighted by atomic mass is 35.5. The maximum atomic E-state index is 11.9. The van der Waals surface area contributed by atoms with Gasteiger partial charge in [0.2, 0.25) is 5.91 Å². The number of rotatable bonds is 5. The van der Waals surface area contributed by atoms with E-state index >= 15 is 0 Å². The Hall–Kier alpha value is -1.10. The molecule has 0 saturated carbocycles. The molecule has 1 aromatic rings. The van der Waals surface area contributed by atoms with Crippen molar-refractivity contribution in [3.05, 3.63) is 34.9 Å². The zero-order valence-electron chi connectivity index (χ0n) is 12.4. The number of ether oxygens (including phenoxy) is 1. The summed E-state index contributed by atoms with van der Waals surface area (Å²) in [5.74, 6) is 0.00447. The van der Waals surface area contributed by atoms with Crippen LogP contribution in [0, 0.1) is 0 Å². The van der Waals surface area contributed by atoms with Gasteiger partial charge in [-0.1, -0.05) is 23.7 Å². The van der Waals surface area contributed by atoms with Crippen LogP contribution >= 0.6 is 11.6 Å². The van der Waals surface area contributed by atoms with Gasteiger partial charge in [-0.3, -0.25) is 4.79 Å². The molecule has 1 atom stereocenters. The molecule has 1 saturated heterocycles. The highest BCUT2D eigenvalue weighted by molar-refractivity contribution is 6.30. The molecular weight excluding hydrogens is 288 g/mol. The second-order valence-electron chi connectivity index (χ2n) is 5.86. The third-order valence-electron chi connectivity index (χ3n) is 4.04. The summed E-state index contributed by atoms with van der Waals surface area (Å²) in [6.07, 6.45) is 2.15. The molecule has 1 aromatic carbocycles. The van der Waals surface area contributed by atoms with Crippen molar-refractivity contribution in [2.45, 2.75) is 37.6 Å². The van der Waals surface area contributed by atoms with Gasteiger partial charge in [0.25, 0.3) is 0 Å². The van der Waals surface area contributed by atoms with Gasteiger partial charge in [0.15, 0.2) is 0 Å². The van der Waals surface area contributed by atoms with Gasteiger partial charge in [0.1, 0.15) is 0 Å². The minimum atomic E-state index is -0.119. The van der Waals surface area contributed by atoms with E-state index in [0.717, 1.165) is 17.9 Å². The quantitative estimate of drug-likeness (QED) is 0.876. The number of halogens is 1. The summed E-state index contributed by atoms with van der Waals surface area (Å²) in [5, 5.41) is 3.75. The zero-order chi connectivity index (χ0) is 15.3. The Balaban J connectivity index is 2.10. The van der Waals surface area contributed by atoms with Crippen LogP contribution in [0.5, 0.6) is 0 Å². The van der Waals surface area contributed by atoms with E-state index < -0.39 is 0 Å². The summed E-state index contributed by atoms with van der Waals surface area (Å²) in [5.41, 5.74) is 6.80. The van der Waals surface area contributed by atoms with Crippen LogP contribution in [0.2, 0.25) is 5.02 Å². The summed E-state index contributed by atoms with van der Waals surface area (Å²) >= 11 is 5.97. The van der Waals surface area contributed by atoms with Crippen molar-refractivity contribution >= 4 is 17.5 Å². The highest BCUT2D eigenvalue weighted by Gasteiger charge is 2.34. The van der Waals surface area contributed by atoms with Gasteiger partial charge < -0.3 is 15.8 Å². The van der Waals surface area contributed by atoms with Gasteiger partial charge in [-0.05, 0) is 37.5 Å². The molecule has 0 radical (unpaired) electrons. The predicted octanol–water partition coefficient (Wildman–Crippen LogP) is 2.24. The van der Waals surface area contributed by atoms with Crippen molar-refractivity contribution in [1.82, 2.24) is 5.32 Å². The van der Waals surface area contributed by atoms with Crippen LogP contribution in [-0.2, 0) is 14.9 Å².